The number of hydrogen-bond acceptors (Lipinski definition) is 3. The Morgan fingerprint density at radius 3 is 2.10 bits per heavy atom. The van der Waals surface area contributed by atoms with Crippen molar-refractivity contribution in [2.24, 2.45) is 0 Å². The highest BCUT2D eigenvalue weighted by atomic mass is 19.0. The van der Waals surface area contributed by atoms with Crippen molar-refractivity contribution in [3.8, 4) is 11.8 Å². The summed E-state index contributed by atoms with van der Waals surface area (Å²) in [5.41, 5.74) is 8.84. The molecule has 0 amide bonds. The third kappa shape index (κ3) is 9.77. The van der Waals surface area contributed by atoms with E-state index in [-0.39, 0.29) is 4.70 Å². The first-order valence-corrected chi connectivity index (χ1v) is 10.5. The maximum Gasteiger partial charge on any atom is 0.143 e. The molecule has 0 aliphatic carbocycles. The van der Waals surface area contributed by atoms with Gasteiger partial charge in [-0.15, -0.1) is 0 Å². The Kier molecular flexibility index (Phi) is 20.7. The SMILES string of the molecule is C=C/C=c1/c(C#Cc2c(N)ncc(C=C)c2C=C)n[nH]/c1=C/C.CC.CC.CCC.F. The van der Waals surface area contributed by atoms with Gasteiger partial charge in [-0.25, -0.2) is 4.98 Å². The number of nitrogens with one attached hydrogen (secondary N) is 1. The normalized spacial score (nSPS) is 9.65. The average Bonchev–Trinajstić information content (AvgIpc) is 3.17. The minimum Gasteiger partial charge on any atom is -0.383 e. The highest BCUT2D eigenvalue weighted by Gasteiger charge is 2.07. The molecule has 0 aromatic carbocycles. The van der Waals surface area contributed by atoms with Gasteiger partial charge in [-0.05, 0) is 12.8 Å². The first-order valence-electron chi connectivity index (χ1n) is 10.5. The molecule has 2 rings (SSSR count). The van der Waals surface area contributed by atoms with Gasteiger partial charge in [0.1, 0.15) is 11.5 Å². The molecule has 0 aliphatic rings. The highest BCUT2D eigenvalue weighted by Crippen LogP contribution is 2.20. The molecule has 0 saturated heterocycles. The number of H-pyrrole nitrogens is 1. The summed E-state index contributed by atoms with van der Waals surface area (Å²) in [6, 6.07) is 0. The summed E-state index contributed by atoms with van der Waals surface area (Å²) >= 11 is 0. The van der Waals surface area contributed by atoms with E-state index >= 15 is 0 Å². The van der Waals surface area contributed by atoms with Gasteiger partial charge in [0.25, 0.3) is 0 Å². The number of allylic oxidation sites excluding steroid dienone is 1. The van der Waals surface area contributed by atoms with Crippen LogP contribution in [0.15, 0.2) is 32.0 Å². The summed E-state index contributed by atoms with van der Waals surface area (Å²) in [6.45, 7) is 25.5. The Balaban J connectivity index is -0.000000879. The first kappa shape index (κ1) is 32.3. The van der Waals surface area contributed by atoms with Gasteiger partial charge >= 0.3 is 0 Å². The lowest BCUT2D eigenvalue weighted by Gasteiger charge is -2.05. The van der Waals surface area contributed by atoms with Gasteiger partial charge in [-0.1, -0.05) is 104 Å². The van der Waals surface area contributed by atoms with Crippen LogP contribution in [0.25, 0.3) is 24.3 Å². The minimum absolute atomic E-state index is 0. The van der Waals surface area contributed by atoms with Crippen LogP contribution >= 0.6 is 0 Å². The predicted molar refractivity (Wildman–Crippen MR) is 139 cm³/mol. The van der Waals surface area contributed by atoms with Gasteiger partial charge in [0.15, 0.2) is 0 Å². The molecule has 5 heteroatoms. The van der Waals surface area contributed by atoms with Gasteiger partial charge in [0, 0.05) is 22.5 Å². The maximum atomic E-state index is 5.96. The molecule has 0 fully saturated rings. The van der Waals surface area contributed by atoms with Gasteiger partial charge in [-0.3, -0.25) is 9.80 Å². The standard InChI is InChI=1S/C19H18N4.C3H8.2C2H6.FH/c1-5-9-16-17(8-4)22-23-18(16)11-10-15-14(7-3)13(6-2)12-21-19(15)20;1-3-2;2*1-2;/h5-9,12,22H,1-3H2,4H3,(H2,20,21);3H2,1-2H3;2*1-2H3;1H/b16-9+,17-8+;;;;. The summed E-state index contributed by atoms with van der Waals surface area (Å²) in [5, 5.41) is 8.96. The van der Waals surface area contributed by atoms with Crippen molar-refractivity contribution in [1.82, 2.24) is 15.2 Å². The topological polar surface area (TPSA) is 67.6 Å². The maximum absolute atomic E-state index is 5.96. The number of aromatic amines is 1. The predicted octanol–water partition coefficient (Wildman–Crippen LogP) is 5.46. The molecule has 2 heterocycles. The Bertz CT molecular complexity index is 973. The quantitative estimate of drug-likeness (QED) is 0.640. The smallest absolute Gasteiger partial charge is 0.143 e. The number of anilines is 1. The second-order valence-electron chi connectivity index (χ2n) is 5.34. The fourth-order valence-electron chi connectivity index (χ4n) is 2.16. The number of halogens is 1. The van der Waals surface area contributed by atoms with Gasteiger partial charge < -0.3 is 5.73 Å². The lowest BCUT2D eigenvalue weighted by molar-refractivity contribution is 1.05. The van der Waals surface area contributed by atoms with E-state index in [4.69, 9.17) is 5.73 Å². The van der Waals surface area contributed by atoms with Crippen LogP contribution in [0.2, 0.25) is 0 Å². The summed E-state index contributed by atoms with van der Waals surface area (Å²) < 4.78 is 0. The van der Waals surface area contributed by atoms with Crippen LogP contribution in [0.1, 0.15) is 77.3 Å². The average molecular weight is 427 g/mol. The Morgan fingerprint density at radius 2 is 1.65 bits per heavy atom. The Morgan fingerprint density at radius 1 is 1.06 bits per heavy atom. The molecule has 0 radical (unpaired) electrons. The van der Waals surface area contributed by atoms with Crippen molar-refractivity contribution in [2.45, 2.75) is 54.9 Å². The van der Waals surface area contributed by atoms with E-state index in [2.05, 4.69) is 60.6 Å². The van der Waals surface area contributed by atoms with Crippen molar-refractivity contribution in [3.63, 3.8) is 0 Å². The molecule has 31 heavy (non-hydrogen) atoms. The van der Waals surface area contributed by atoms with Crippen molar-refractivity contribution in [3.05, 3.63) is 65.0 Å². The summed E-state index contributed by atoms with van der Waals surface area (Å²) in [6.07, 6.45) is 11.8. The molecular weight excluding hydrogens is 387 g/mol. The van der Waals surface area contributed by atoms with Gasteiger partial charge in [0.2, 0.25) is 0 Å². The zero-order valence-electron chi connectivity index (χ0n) is 20.2. The van der Waals surface area contributed by atoms with Crippen molar-refractivity contribution >= 4 is 30.1 Å². The van der Waals surface area contributed by atoms with E-state index in [0.29, 0.717) is 17.1 Å². The van der Waals surface area contributed by atoms with Crippen LogP contribution in [0.4, 0.5) is 10.5 Å². The molecule has 0 atom stereocenters. The number of nitrogens with zero attached hydrogens (tertiary/aromatic N) is 2. The van der Waals surface area contributed by atoms with Gasteiger partial charge in [0.05, 0.1) is 10.9 Å². The molecule has 170 valence electrons. The molecule has 2 aromatic rings. The van der Waals surface area contributed by atoms with Crippen LogP contribution in [0.5, 0.6) is 0 Å². The summed E-state index contributed by atoms with van der Waals surface area (Å²) in [4.78, 5) is 4.15. The van der Waals surface area contributed by atoms with Crippen molar-refractivity contribution < 1.29 is 4.70 Å². The van der Waals surface area contributed by atoms with Crippen molar-refractivity contribution in [1.29, 1.82) is 0 Å². The molecule has 0 bridgehead atoms. The molecule has 0 saturated carbocycles. The summed E-state index contributed by atoms with van der Waals surface area (Å²) in [7, 11) is 0. The molecule has 4 nitrogen and oxygen atoms in total. The number of hydrogen-bond donors (Lipinski definition) is 2. The highest BCUT2D eigenvalue weighted by molar-refractivity contribution is 5.73. The number of rotatable bonds is 3. The molecule has 2 aromatic heterocycles. The molecule has 0 spiro atoms. The Hall–Kier alpha value is -3.39. The minimum atomic E-state index is 0. The van der Waals surface area contributed by atoms with E-state index in [0.717, 1.165) is 21.7 Å². The summed E-state index contributed by atoms with van der Waals surface area (Å²) in [5.74, 6) is 6.45. The number of pyridine rings is 1. The lowest BCUT2D eigenvalue weighted by atomic mass is 10.0. The van der Waals surface area contributed by atoms with E-state index in [1.165, 1.54) is 6.42 Å². The monoisotopic (exact) mass is 426 g/mol. The van der Waals surface area contributed by atoms with Crippen LogP contribution in [0, 0.1) is 11.8 Å². The number of nitrogens with two attached hydrogens (primary N) is 1. The van der Waals surface area contributed by atoms with E-state index in [1.807, 2.05) is 46.8 Å². The second kappa shape index (κ2) is 19.9. The van der Waals surface area contributed by atoms with Gasteiger partial charge in [-0.2, -0.15) is 5.10 Å². The van der Waals surface area contributed by atoms with E-state index < -0.39 is 0 Å². The zero-order valence-corrected chi connectivity index (χ0v) is 20.2. The number of aromatic nitrogens is 3. The largest absolute Gasteiger partial charge is 0.383 e. The third-order valence-corrected chi connectivity index (χ3v) is 3.32. The van der Waals surface area contributed by atoms with Crippen LogP contribution in [-0.4, -0.2) is 15.2 Å². The third-order valence-electron chi connectivity index (χ3n) is 3.32. The number of nitrogen functional groups attached to an aromatic ring is 1. The van der Waals surface area contributed by atoms with E-state index in [1.54, 1.807) is 24.4 Å². The fourth-order valence-corrected chi connectivity index (χ4v) is 2.16. The lowest BCUT2D eigenvalue weighted by Crippen LogP contribution is -2.23. The molecule has 3 N–H and O–H groups in total. The first-order chi connectivity index (χ1) is 14.6. The molecule has 0 unspecified atom stereocenters. The fraction of sp³-hybridized carbons (Fsp3) is 0.308. The van der Waals surface area contributed by atoms with Crippen LogP contribution < -0.4 is 16.3 Å². The van der Waals surface area contributed by atoms with E-state index in [9.17, 15) is 0 Å². The Labute approximate surface area is 187 Å². The second-order valence-corrected chi connectivity index (χ2v) is 5.34. The zero-order chi connectivity index (χ0) is 23.5. The molecule has 0 aliphatic heterocycles. The van der Waals surface area contributed by atoms with Crippen molar-refractivity contribution in [2.75, 3.05) is 5.73 Å². The van der Waals surface area contributed by atoms with Crippen LogP contribution in [0.3, 0.4) is 0 Å². The molecular formula is C26H39FN4. The van der Waals surface area contributed by atoms with Crippen LogP contribution in [-0.2, 0) is 0 Å².